The van der Waals surface area contributed by atoms with E-state index < -0.39 is 5.97 Å². The summed E-state index contributed by atoms with van der Waals surface area (Å²) in [5.41, 5.74) is 1.60. The van der Waals surface area contributed by atoms with E-state index in [-0.39, 0.29) is 18.4 Å². The van der Waals surface area contributed by atoms with Crippen molar-refractivity contribution in [3.05, 3.63) is 28.8 Å². The van der Waals surface area contributed by atoms with E-state index >= 15 is 0 Å². The molecule has 1 heterocycles. The Morgan fingerprint density at radius 2 is 2.25 bits per heavy atom. The van der Waals surface area contributed by atoms with Gasteiger partial charge >= 0.3 is 5.97 Å². The normalized spacial score (nSPS) is 19.0. The zero-order chi connectivity index (χ0) is 14.7. The number of carbonyl (C=O) groups excluding carboxylic acids is 1. The number of halogens is 1. The van der Waals surface area contributed by atoms with Gasteiger partial charge in [-0.3, -0.25) is 14.5 Å². The summed E-state index contributed by atoms with van der Waals surface area (Å²) < 4.78 is 0. The molecule has 1 atom stereocenters. The van der Waals surface area contributed by atoms with Gasteiger partial charge < -0.3 is 10.4 Å². The van der Waals surface area contributed by atoms with Crippen LogP contribution in [0.2, 0.25) is 5.02 Å². The molecule has 1 amide bonds. The number of hydrogen-bond donors (Lipinski definition) is 2. The summed E-state index contributed by atoms with van der Waals surface area (Å²) in [6, 6.07) is 5.34. The molecule has 1 saturated heterocycles. The van der Waals surface area contributed by atoms with E-state index in [4.69, 9.17) is 16.7 Å². The summed E-state index contributed by atoms with van der Waals surface area (Å²) in [4.78, 5) is 24.6. The van der Waals surface area contributed by atoms with Crippen LogP contribution in [0, 0.1) is 12.8 Å². The number of anilines is 1. The number of carboxylic acids is 1. The lowest BCUT2D eigenvalue weighted by Crippen LogP contribution is -2.32. The Labute approximate surface area is 122 Å². The Balaban J connectivity index is 1.87. The van der Waals surface area contributed by atoms with Gasteiger partial charge in [-0.05, 0) is 37.6 Å². The molecule has 0 saturated carbocycles. The highest BCUT2D eigenvalue weighted by Crippen LogP contribution is 2.20. The quantitative estimate of drug-likeness (QED) is 0.891. The molecule has 0 radical (unpaired) electrons. The second-order valence-electron chi connectivity index (χ2n) is 5.07. The number of aryl methyl sites for hydroxylation is 1. The predicted octanol–water partition coefficient (Wildman–Crippen LogP) is 1.99. The fraction of sp³-hybridized carbons (Fsp3) is 0.429. The molecular weight excluding hydrogens is 280 g/mol. The van der Waals surface area contributed by atoms with Crippen LogP contribution in [0.5, 0.6) is 0 Å². The van der Waals surface area contributed by atoms with Gasteiger partial charge in [0.05, 0.1) is 12.5 Å². The number of hydrogen-bond acceptors (Lipinski definition) is 3. The van der Waals surface area contributed by atoms with E-state index in [1.165, 1.54) is 0 Å². The van der Waals surface area contributed by atoms with Crippen molar-refractivity contribution in [1.82, 2.24) is 4.90 Å². The van der Waals surface area contributed by atoms with Crippen molar-refractivity contribution in [3.63, 3.8) is 0 Å². The van der Waals surface area contributed by atoms with Crippen molar-refractivity contribution in [1.29, 1.82) is 0 Å². The van der Waals surface area contributed by atoms with Crippen molar-refractivity contribution in [2.45, 2.75) is 13.3 Å². The topological polar surface area (TPSA) is 69.6 Å². The molecule has 0 spiro atoms. The van der Waals surface area contributed by atoms with Gasteiger partial charge in [-0.15, -0.1) is 0 Å². The van der Waals surface area contributed by atoms with E-state index in [1.807, 2.05) is 17.9 Å². The minimum atomic E-state index is -0.793. The Kier molecular flexibility index (Phi) is 4.62. The van der Waals surface area contributed by atoms with Crippen LogP contribution in [-0.2, 0) is 9.59 Å². The molecule has 2 N–H and O–H groups in total. The van der Waals surface area contributed by atoms with Gasteiger partial charge in [-0.2, -0.15) is 0 Å². The average molecular weight is 297 g/mol. The number of benzene rings is 1. The second kappa shape index (κ2) is 6.24. The maximum atomic E-state index is 11.9. The summed E-state index contributed by atoms with van der Waals surface area (Å²) in [5.74, 6) is -1.31. The molecule has 1 aliphatic rings. The van der Waals surface area contributed by atoms with Crippen LogP contribution >= 0.6 is 11.6 Å². The first-order valence-corrected chi connectivity index (χ1v) is 6.84. The molecule has 108 valence electrons. The van der Waals surface area contributed by atoms with Crippen LogP contribution in [0.25, 0.3) is 0 Å². The first kappa shape index (κ1) is 14.8. The van der Waals surface area contributed by atoms with Gasteiger partial charge in [0.2, 0.25) is 5.91 Å². The van der Waals surface area contributed by atoms with E-state index in [0.717, 1.165) is 5.56 Å². The lowest BCUT2D eigenvalue weighted by Gasteiger charge is -2.15. The molecule has 1 fully saturated rings. The average Bonchev–Trinajstić information content (AvgIpc) is 2.82. The number of nitrogens with zero attached hydrogens (tertiary/aromatic N) is 1. The third kappa shape index (κ3) is 3.71. The van der Waals surface area contributed by atoms with Crippen molar-refractivity contribution < 1.29 is 14.7 Å². The van der Waals surface area contributed by atoms with Gasteiger partial charge in [0, 0.05) is 17.3 Å². The monoisotopic (exact) mass is 296 g/mol. The molecule has 0 aliphatic carbocycles. The standard InChI is InChI=1S/C14H17ClN2O3/c1-9-2-3-11(6-12(9)15)16-13(18)8-17-5-4-10(7-17)14(19)20/h2-3,6,10H,4-5,7-8H2,1H3,(H,16,18)(H,19,20). The number of nitrogens with one attached hydrogen (secondary N) is 1. The van der Waals surface area contributed by atoms with E-state index in [1.54, 1.807) is 12.1 Å². The largest absolute Gasteiger partial charge is 0.481 e. The van der Waals surface area contributed by atoms with Gasteiger partial charge in [0.1, 0.15) is 0 Å². The number of likely N-dealkylation sites (tertiary alicyclic amines) is 1. The molecule has 1 aromatic rings. The highest BCUT2D eigenvalue weighted by atomic mass is 35.5. The highest BCUT2D eigenvalue weighted by Gasteiger charge is 2.28. The number of carbonyl (C=O) groups is 2. The number of aliphatic carboxylic acids is 1. The molecule has 1 unspecified atom stereocenters. The number of rotatable bonds is 4. The lowest BCUT2D eigenvalue weighted by molar-refractivity contribution is -0.141. The van der Waals surface area contributed by atoms with E-state index in [0.29, 0.717) is 30.2 Å². The molecule has 6 heteroatoms. The summed E-state index contributed by atoms with van der Waals surface area (Å²) in [7, 11) is 0. The Bertz CT molecular complexity index is 533. The number of carboxylic acid groups (broad SMARTS) is 1. The van der Waals surface area contributed by atoms with Gasteiger partial charge in [0.25, 0.3) is 0 Å². The van der Waals surface area contributed by atoms with E-state index in [9.17, 15) is 9.59 Å². The van der Waals surface area contributed by atoms with Crippen LogP contribution < -0.4 is 5.32 Å². The number of amides is 1. The maximum Gasteiger partial charge on any atom is 0.307 e. The van der Waals surface area contributed by atoms with E-state index in [2.05, 4.69) is 5.32 Å². The molecule has 0 aromatic heterocycles. The summed E-state index contributed by atoms with van der Waals surface area (Å²) in [5, 5.41) is 12.3. The minimum absolute atomic E-state index is 0.157. The summed E-state index contributed by atoms with van der Waals surface area (Å²) in [6.07, 6.45) is 0.596. The summed E-state index contributed by atoms with van der Waals surface area (Å²) >= 11 is 5.99. The smallest absolute Gasteiger partial charge is 0.307 e. The zero-order valence-corrected chi connectivity index (χ0v) is 12.0. The fourth-order valence-electron chi connectivity index (χ4n) is 2.25. The Morgan fingerprint density at radius 1 is 1.50 bits per heavy atom. The summed E-state index contributed by atoms with van der Waals surface area (Å²) in [6.45, 7) is 3.16. The van der Waals surface area contributed by atoms with Gasteiger partial charge in [-0.25, -0.2) is 0 Å². The van der Waals surface area contributed by atoms with Crippen LogP contribution in [0.4, 0.5) is 5.69 Å². The lowest BCUT2D eigenvalue weighted by atomic mass is 10.1. The first-order valence-electron chi connectivity index (χ1n) is 6.47. The zero-order valence-electron chi connectivity index (χ0n) is 11.2. The SMILES string of the molecule is Cc1ccc(NC(=O)CN2CCC(C(=O)O)C2)cc1Cl. The third-order valence-corrected chi connectivity index (χ3v) is 3.85. The second-order valence-corrected chi connectivity index (χ2v) is 5.48. The minimum Gasteiger partial charge on any atom is -0.481 e. The Morgan fingerprint density at radius 3 is 2.85 bits per heavy atom. The predicted molar refractivity (Wildman–Crippen MR) is 77.0 cm³/mol. The Hall–Kier alpha value is -1.59. The van der Waals surface area contributed by atoms with Crippen molar-refractivity contribution in [2.24, 2.45) is 5.92 Å². The van der Waals surface area contributed by atoms with Gasteiger partial charge in [0.15, 0.2) is 0 Å². The first-order chi connectivity index (χ1) is 9.45. The highest BCUT2D eigenvalue weighted by molar-refractivity contribution is 6.31. The molecule has 2 rings (SSSR count). The molecule has 5 nitrogen and oxygen atoms in total. The van der Waals surface area contributed by atoms with Crippen LogP contribution in [0.1, 0.15) is 12.0 Å². The van der Waals surface area contributed by atoms with Crippen LogP contribution in [0.15, 0.2) is 18.2 Å². The molecule has 0 bridgehead atoms. The van der Waals surface area contributed by atoms with Crippen molar-refractivity contribution in [2.75, 3.05) is 25.0 Å². The van der Waals surface area contributed by atoms with Crippen LogP contribution in [-0.4, -0.2) is 41.5 Å². The molecule has 1 aromatic carbocycles. The molecule has 1 aliphatic heterocycles. The molecular formula is C14H17ClN2O3. The maximum absolute atomic E-state index is 11.9. The fourth-order valence-corrected chi connectivity index (χ4v) is 2.43. The van der Waals surface area contributed by atoms with Gasteiger partial charge in [-0.1, -0.05) is 17.7 Å². The van der Waals surface area contributed by atoms with Crippen molar-refractivity contribution in [3.8, 4) is 0 Å². The van der Waals surface area contributed by atoms with Crippen molar-refractivity contribution >= 4 is 29.2 Å². The van der Waals surface area contributed by atoms with Crippen LogP contribution in [0.3, 0.4) is 0 Å². The molecule has 20 heavy (non-hydrogen) atoms. The third-order valence-electron chi connectivity index (χ3n) is 3.44.